The first-order chi connectivity index (χ1) is 6.90. The summed E-state index contributed by atoms with van der Waals surface area (Å²) in [5.74, 6) is 0.0485. The lowest BCUT2D eigenvalue weighted by Gasteiger charge is -2.26. The van der Waals surface area contributed by atoms with Gasteiger partial charge < -0.3 is 10.2 Å². The van der Waals surface area contributed by atoms with E-state index in [1.165, 1.54) is 0 Å². The maximum atomic E-state index is 10.0. The maximum Gasteiger partial charge on any atom is 0.0816 e. The Labute approximate surface area is 91.6 Å². The largest absolute Gasteiger partial charge is 0.390 e. The molecule has 1 aromatic carbocycles. The van der Waals surface area contributed by atoms with Gasteiger partial charge in [-0.1, -0.05) is 37.3 Å². The molecular formula is C13H20O2. The molecule has 0 aromatic heterocycles. The number of aliphatic hydroxyl groups is 2. The van der Waals surface area contributed by atoms with Gasteiger partial charge >= 0.3 is 0 Å². The number of hydrogen-bond donors (Lipinski definition) is 2. The second kappa shape index (κ2) is 4.77. The van der Waals surface area contributed by atoms with Crippen LogP contribution in [-0.4, -0.2) is 15.8 Å². The Hall–Kier alpha value is -0.860. The van der Waals surface area contributed by atoms with Crippen LogP contribution in [0.25, 0.3) is 0 Å². The van der Waals surface area contributed by atoms with E-state index in [1.807, 2.05) is 37.3 Å². The molecular weight excluding hydrogens is 188 g/mol. The van der Waals surface area contributed by atoms with E-state index >= 15 is 0 Å². The van der Waals surface area contributed by atoms with Crippen LogP contribution >= 0.6 is 0 Å². The van der Waals surface area contributed by atoms with Gasteiger partial charge in [-0.3, -0.25) is 0 Å². The summed E-state index contributed by atoms with van der Waals surface area (Å²) in [5.41, 5.74) is 0.184. The summed E-state index contributed by atoms with van der Waals surface area (Å²) < 4.78 is 0. The molecule has 0 saturated carbocycles. The molecule has 1 rings (SSSR count). The fourth-order valence-corrected chi connectivity index (χ4v) is 1.88. The van der Waals surface area contributed by atoms with E-state index in [4.69, 9.17) is 0 Å². The Kier molecular flexibility index (Phi) is 3.89. The van der Waals surface area contributed by atoms with Gasteiger partial charge in [-0.15, -0.1) is 0 Å². The number of rotatable bonds is 4. The smallest absolute Gasteiger partial charge is 0.0816 e. The highest BCUT2D eigenvalue weighted by atomic mass is 16.3. The average molecular weight is 208 g/mol. The minimum Gasteiger partial charge on any atom is -0.390 e. The van der Waals surface area contributed by atoms with Crippen LogP contribution in [0, 0.1) is 5.92 Å². The summed E-state index contributed by atoms with van der Waals surface area (Å²) in [5, 5.41) is 19.7. The number of aliphatic hydroxyl groups excluding tert-OH is 1. The maximum absolute atomic E-state index is 10.0. The molecule has 0 aliphatic heterocycles. The Balaban J connectivity index is 2.65. The average Bonchev–Trinajstić information content (AvgIpc) is 2.15. The Bertz CT molecular complexity index is 287. The monoisotopic (exact) mass is 208 g/mol. The Morgan fingerprint density at radius 1 is 1.20 bits per heavy atom. The van der Waals surface area contributed by atoms with E-state index in [1.54, 1.807) is 13.8 Å². The van der Waals surface area contributed by atoms with Crippen LogP contribution < -0.4 is 0 Å². The quantitative estimate of drug-likeness (QED) is 0.798. The lowest BCUT2D eigenvalue weighted by molar-refractivity contribution is 0.0186. The van der Waals surface area contributed by atoms with Crippen molar-refractivity contribution in [3.8, 4) is 0 Å². The van der Waals surface area contributed by atoms with Gasteiger partial charge in [0.1, 0.15) is 0 Å². The molecule has 2 atom stereocenters. The van der Waals surface area contributed by atoms with Crippen LogP contribution in [-0.2, 0) is 0 Å². The van der Waals surface area contributed by atoms with Gasteiger partial charge in [0.2, 0.25) is 0 Å². The third-order valence-electron chi connectivity index (χ3n) is 2.50. The van der Waals surface area contributed by atoms with Crippen LogP contribution in [0.2, 0.25) is 0 Å². The molecule has 2 nitrogen and oxygen atoms in total. The third-order valence-corrected chi connectivity index (χ3v) is 2.50. The van der Waals surface area contributed by atoms with Crippen molar-refractivity contribution in [2.24, 2.45) is 5.92 Å². The molecule has 0 spiro atoms. The van der Waals surface area contributed by atoms with Gasteiger partial charge in [0.25, 0.3) is 0 Å². The van der Waals surface area contributed by atoms with E-state index in [-0.39, 0.29) is 5.92 Å². The van der Waals surface area contributed by atoms with Crippen LogP contribution in [0.5, 0.6) is 0 Å². The predicted molar refractivity (Wildman–Crippen MR) is 61.5 cm³/mol. The van der Waals surface area contributed by atoms with Crippen molar-refractivity contribution in [3.63, 3.8) is 0 Å². The second-order valence-corrected chi connectivity index (χ2v) is 4.85. The van der Waals surface area contributed by atoms with E-state index in [0.29, 0.717) is 6.42 Å². The molecule has 0 radical (unpaired) electrons. The topological polar surface area (TPSA) is 40.5 Å². The summed E-state index contributed by atoms with van der Waals surface area (Å²) in [7, 11) is 0. The zero-order valence-electron chi connectivity index (χ0n) is 9.64. The summed E-state index contributed by atoms with van der Waals surface area (Å²) in [6.45, 7) is 5.48. The highest BCUT2D eigenvalue weighted by Crippen LogP contribution is 2.28. The van der Waals surface area contributed by atoms with Crippen LogP contribution in [0.15, 0.2) is 30.3 Å². The molecule has 0 saturated heterocycles. The van der Waals surface area contributed by atoms with Gasteiger partial charge in [-0.25, -0.2) is 0 Å². The minimum absolute atomic E-state index is 0.0485. The summed E-state index contributed by atoms with van der Waals surface area (Å²) in [4.78, 5) is 0. The summed E-state index contributed by atoms with van der Waals surface area (Å²) >= 11 is 0. The van der Waals surface area contributed by atoms with Gasteiger partial charge in [0.15, 0.2) is 0 Å². The molecule has 84 valence electrons. The molecule has 15 heavy (non-hydrogen) atoms. The van der Waals surface area contributed by atoms with Crippen LogP contribution in [0.1, 0.15) is 38.9 Å². The fourth-order valence-electron chi connectivity index (χ4n) is 1.88. The van der Waals surface area contributed by atoms with E-state index in [2.05, 4.69) is 0 Å². The van der Waals surface area contributed by atoms with E-state index in [0.717, 1.165) is 5.56 Å². The van der Waals surface area contributed by atoms with Crippen molar-refractivity contribution >= 4 is 0 Å². The fraction of sp³-hybridized carbons (Fsp3) is 0.538. The zero-order valence-corrected chi connectivity index (χ0v) is 9.64. The highest BCUT2D eigenvalue weighted by Gasteiger charge is 2.23. The second-order valence-electron chi connectivity index (χ2n) is 4.85. The molecule has 0 amide bonds. The Morgan fingerprint density at radius 3 is 2.20 bits per heavy atom. The van der Waals surface area contributed by atoms with Crippen molar-refractivity contribution < 1.29 is 10.2 Å². The predicted octanol–water partition coefficient (Wildman–Crippen LogP) is 2.52. The molecule has 1 aromatic rings. The lowest BCUT2D eigenvalue weighted by Crippen LogP contribution is -2.25. The molecule has 0 bridgehead atoms. The van der Waals surface area contributed by atoms with Gasteiger partial charge in [0, 0.05) is 0 Å². The zero-order chi connectivity index (χ0) is 11.5. The van der Waals surface area contributed by atoms with E-state index in [9.17, 15) is 10.2 Å². The molecule has 2 unspecified atom stereocenters. The first kappa shape index (κ1) is 12.2. The molecule has 0 fully saturated rings. The normalized spacial score (nSPS) is 16.1. The first-order valence-corrected chi connectivity index (χ1v) is 5.35. The molecule has 0 aliphatic rings. The van der Waals surface area contributed by atoms with Crippen molar-refractivity contribution in [2.75, 3.05) is 0 Å². The van der Waals surface area contributed by atoms with Gasteiger partial charge in [-0.05, 0) is 31.7 Å². The number of hydrogen-bond acceptors (Lipinski definition) is 2. The van der Waals surface area contributed by atoms with Crippen molar-refractivity contribution in [1.29, 1.82) is 0 Å². The third kappa shape index (κ3) is 4.02. The number of benzene rings is 1. The van der Waals surface area contributed by atoms with E-state index < -0.39 is 11.7 Å². The first-order valence-electron chi connectivity index (χ1n) is 5.35. The Morgan fingerprint density at radius 2 is 1.73 bits per heavy atom. The van der Waals surface area contributed by atoms with Crippen LogP contribution in [0.4, 0.5) is 0 Å². The molecule has 2 N–H and O–H groups in total. The molecule has 0 aliphatic carbocycles. The van der Waals surface area contributed by atoms with Crippen molar-refractivity contribution in [2.45, 2.75) is 38.9 Å². The summed E-state index contributed by atoms with van der Waals surface area (Å²) in [6, 6.07) is 9.57. The van der Waals surface area contributed by atoms with Crippen molar-refractivity contribution in [3.05, 3.63) is 35.9 Å². The standard InChI is InChI=1S/C13H20O2/c1-10(9-13(2,3)15)12(14)11-7-5-4-6-8-11/h4-8,10,12,14-15H,9H2,1-3H3. The summed E-state index contributed by atoms with van der Waals surface area (Å²) in [6.07, 6.45) is 0.0842. The molecule has 2 heteroatoms. The van der Waals surface area contributed by atoms with Gasteiger partial charge in [0.05, 0.1) is 11.7 Å². The van der Waals surface area contributed by atoms with Crippen molar-refractivity contribution in [1.82, 2.24) is 0 Å². The molecule has 0 heterocycles. The lowest BCUT2D eigenvalue weighted by atomic mass is 9.88. The minimum atomic E-state index is -0.727. The highest BCUT2D eigenvalue weighted by molar-refractivity contribution is 5.17. The van der Waals surface area contributed by atoms with Gasteiger partial charge in [-0.2, -0.15) is 0 Å². The van der Waals surface area contributed by atoms with Crippen LogP contribution in [0.3, 0.4) is 0 Å². The SMILES string of the molecule is CC(CC(C)(C)O)C(O)c1ccccc1.